The molecule has 0 saturated heterocycles. The van der Waals surface area contributed by atoms with E-state index in [-0.39, 0.29) is 0 Å². The second-order valence-electron chi connectivity index (χ2n) is 5.05. The normalized spacial score (nSPS) is 14.9. The Labute approximate surface area is 102 Å². The molecule has 1 heterocycles. The van der Waals surface area contributed by atoms with Gasteiger partial charge in [0.2, 0.25) is 0 Å². The molecule has 0 unspecified atom stereocenters. The Morgan fingerprint density at radius 1 is 1.47 bits per heavy atom. The van der Waals surface area contributed by atoms with E-state index in [0.717, 1.165) is 37.2 Å². The average molecular weight is 233 g/mol. The number of hydrogen-bond donors (Lipinski definition) is 1. The summed E-state index contributed by atoms with van der Waals surface area (Å²) >= 11 is 0. The second kappa shape index (κ2) is 4.78. The lowest BCUT2D eigenvalue weighted by Gasteiger charge is -2.33. The Kier molecular flexibility index (Phi) is 3.36. The molecule has 1 aromatic rings. The molecule has 0 bridgehead atoms. The van der Waals surface area contributed by atoms with E-state index in [9.17, 15) is 9.90 Å². The third kappa shape index (κ3) is 2.43. The van der Waals surface area contributed by atoms with Crippen LogP contribution in [0.25, 0.3) is 0 Å². The minimum absolute atomic E-state index is 0.468. The molecule has 92 valence electrons. The van der Waals surface area contributed by atoms with Crippen molar-refractivity contribution in [2.45, 2.75) is 26.7 Å². The maximum atomic E-state index is 11.2. The number of anilines is 1. The molecule has 0 atom stereocenters. The largest absolute Gasteiger partial charge is 0.478 e. The van der Waals surface area contributed by atoms with Crippen LogP contribution in [0.3, 0.4) is 0 Å². The van der Waals surface area contributed by atoms with Gasteiger partial charge in [0.1, 0.15) is 0 Å². The maximum Gasteiger partial charge on any atom is 0.336 e. The van der Waals surface area contributed by atoms with Gasteiger partial charge in [0.25, 0.3) is 0 Å². The minimum Gasteiger partial charge on any atom is -0.478 e. The summed E-state index contributed by atoms with van der Waals surface area (Å²) in [5.74, 6) is -0.220. The average Bonchev–Trinajstić information content (AvgIpc) is 2.28. The van der Waals surface area contributed by atoms with Crippen molar-refractivity contribution in [3.8, 4) is 0 Å². The SMILES string of the molecule is CC(C)CN1CCCc2c(C(=O)O)cccc21. The minimum atomic E-state index is -0.812. The van der Waals surface area contributed by atoms with Gasteiger partial charge < -0.3 is 10.0 Å². The van der Waals surface area contributed by atoms with Gasteiger partial charge in [0, 0.05) is 18.8 Å². The van der Waals surface area contributed by atoms with E-state index in [1.54, 1.807) is 6.07 Å². The van der Waals surface area contributed by atoms with Crippen LogP contribution in [-0.4, -0.2) is 24.2 Å². The molecule has 0 radical (unpaired) electrons. The summed E-state index contributed by atoms with van der Waals surface area (Å²) in [5.41, 5.74) is 2.59. The van der Waals surface area contributed by atoms with Crippen LogP contribution in [0.1, 0.15) is 36.2 Å². The summed E-state index contributed by atoms with van der Waals surface area (Å²) in [6, 6.07) is 5.60. The Balaban J connectivity index is 2.38. The predicted octanol–water partition coefficient (Wildman–Crippen LogP) is 2.79. The van der Waals surface area contributed by atoms with Gasteiger partial charge in [0.05, 0.1) is 5.56 Å². The van der Waals surface area contributed by atoms with Crippen LogP contribution in [0, 0.1) is 5.92 Å². The molecule has 0 aliphatic carbocycles. The molecule has 3 nitrogen and oxygen atoms in total. The summed E-state index contributed by atoms with van der Waals surface area (Å²) in [6.45, 7) is 6.41. The van der Waals surface area contributed by atoms with Gasteiger partial charge in [-0.3, -0.25) is 0 Å². The highest BCUT2D eigenvalue weighted by Gasteiger charge is 2.22. The Morgan fingerprint density at radius 2 is 2.24 bits per heavy atom. The zero-order valence-corrected chi connectivity index (χ0v) is 10.4. The second-order valence-corrected chi connectivity index (χ2v) is 5.05. The van der Waals surface area contributed by atoms with E-state index in [1.165, 1.54) is 0 Å². The quantitative estimate of drug-likeness (QED) is 0.872. The summed E-state index contributed by atoms with van der Waals surface area (Å²) in [5, 5.41) is 9.19. The van der Waals surface area contributed by atoms with Gasteiger partial charge in [-0.15, -0.1) is 0 Å². The molecule has 0 amide bonds. The molecular formula is C14H19NO2. The lowest BCUT2D eigenvalue weighted by molar-refractivity contribution is 0.0695. The first-order valence-corrected chi connectivity index (χ1v) is 6.19. The molecule has 2 rings (SSSR count). The van der Waals surface area contributed by atoms with Gasteiger partial charge in [-0.2, -0.15) is 0 Å². The number of aromatic carboxylic acids is 1. The maximum absolute atomic E-state index is 11.2. The standard InChI is InChI=1S/C14H19NO2/c1-10(2)9-15-8-4-6-11-12(14(16)17)5-3-7-13(11)15/h3,5,7,10H,4,6,8-9H2,1-2H3,(H,16,17). The van der Waals surface area contributed by atoms with Crippen molar-refractivity contribution in [2.75, 3.05) is 18.0 Å². The highest BCUT2D eigenvalue weighted by Crippen LogP contribution is 2.30. The van der Waals surface area contributed by atoms with E-state index in [0.29, 0.717) is 11.5 Å². The molecule has 1 aliphatic rings. The van der Waals surface area contributed by atoms with Crippen LogP contribution < -0.4 is 4.90 Å². The Hall–Kier alpha value is -1.51. The van der Waals surface area contributed by atoms with E-state index in [1.807, 2.05) is 12.1 Å². The van der Waals surface area contributed by atoms with Crippen molar-refractivity contribution >= 4 is 11.7 Å². The van der Waals surface area contributed by atoms with E-state index < -0.39 is 5.97 Å². The number of fused-ring (bicyclic) bond motifs is 1. The van der Waals surface area contributed by atoms with Crippen LogP contribution in [0.15, 0.2) is 18.2 Å². The van der Waals surface area contributed by atoms with E-state index >= 15 is 0 Å². The van der Waals surface area contributed by atoms with Crippen molar-refractivity contribution in [3.63, 3.8) is 0 Å². The first-order chi connectivity index (χ1) is 8.09. The molecule has 0 aromatic heterocycles. The molecule has 1 aliphatic heterocycles. The van der Waals surface area contributed by atoms with Crippen molar-refractivity contribution in [1.82, 2.24) is 0 Å². The number of benzene rings is 1. The highest BCUT2D eigenvalue weighted by molar-refractivity contribution is 5.91. The first-order valence-electron chi connectivity index (χ1n) is 6.19. The van der Waals surface area contributed by atoms with Crippen molar-refractivity contribution in [1.29, 1.82) is 0 Å². The molecule has 1 aromatic carbocycles. The topological polar surface area (TPSA) is 40.5 Å². The number of hydrogen-bond acceptors (Lipinski definition) is 2. The van der Waals surface area contributed by atoms with Crippen LogP contribution >= 0.6 is 0 Å². The van der Waals surface area contributed by atoms with Crippen molar-refractivity contribution in [2.24, 2.45) is 5.92 Å². The molecule has 1 N–H and O–H groups in total. The van der Waals surface area contributed by atoms with Crippen LogP contribution in [0.5, 0.6) is 0 Å². The summed E-state index contributed by atoms with van der Waals surface area (Å²) < 4.78 is 0. The fourth-order valence-corrected chi connectivity index (χ4v) is 2.53. The fourth-order valence-electron chi connectivity index (χ4n) is 2.53. The smallest absolute Gasteiger partial charge is 0.336 e. The number of carbonyl (C=O) groups is 1. The Bertz CT molecular complexity index is 426. The monoisotopic (exact) mass is 233 g/mol. The highest BCUT2D eigenvalue weighted by atomic mass is 16.4. The molecule has 17 heavy (non-hydrogen) atoms. The van der Waals surface area contributed by atoms with Gasteiger partial charge in [-0.1, -0.05) is 19.9 Å². The molecular weight excluding hydrogens is 214 g/mol. The first kappa shape index (κ1) is 12.0. The molecule has 0 fully saturated rings. The van der Waals surface area contributed by atoms with E-state index in [4.69, 9.17) is 0 Å². The van der Waals surface area contributed by atoms with Crippen molar-refractivity contribution < 1.29 is 9.90 Å². The van der Waals surface area contributed by atoms with Crippen molar-refractivity contribution in [3.05, 3.63) is 29.3 Å². The van der Waals surface area contributed by atoms with Crippen LogP contribution in [0.2, 0.25) is 0 Å². The summed E-state index contributed by atoms with van der Waals surface area (Å²) in [4.78, 5) is 13.5. The van der Waals surface area contributed by atoms with Gasteiger partial charge in [-0.25, -0.2) is 4.79 Å². The molecule has 0 saturated carbocycles. The fraction of sp³-hybridized carbons (Fsp3) is 0.500. The number of nitrogens with zero attached hydrogens (tertiary/aromatic N) is 1. The molecule has 0 spiro atoms. The number of rotatable bonds is 3. The van der Waals surface area contributed by atoms with E-state index in [2.05, 4.69) is 18.7 Å². The van der Waals surface area contributed by atoms with Gasteiger partial charge in [0.15, 0.2) is 0 Å². The zero-order chi connectivity index (χ0) is 12.4. The summed E-state index contributed by atoms with van der Waals surface area (Å²) in [7, 11) is 0. The summed E-state index contributed by atoms with van der Waals surface area (Å²) in [6.07, 6.45) is 1.93. The van der Waals surface area contributed by atoms with Crippen LogP contribution in [0.4, 0.5) is 5.69 Å². The predicted molar refractivity (Wildman–Crippen MR) is 68.8 cm³/mol. The Morgan fingerprint density at radius 3 is 2.88 bits per heavy atom. The number of carboxylic acids is 1. The van der Waals surface area contributed by atoms with Gasteiger partial charge in [-0.05, 0) is 36.5 Å². The van der Waals surface area contributed by atoms with Gasteiger partial charge >= 0.3 is 5.97 Å². The molecule has 3 heteroatoms. The lowest BCUT2D eigenvalue weighted by atomic mass is 9.95. The number of carboxylic acid groups (broad SMARTS) is 1. The third-order valence-corrected chi connectivity index (χ3v) is 3.16. The van der Waals surface area contributed by atoms with Crippen LogP contribution in [-0.2, 0) is 6.42 Å². The lowest BCUT2D eigenvalue weighted by Crippen LogP contribution is -2.33. The zero-order valence-electron chi connectivity index (χ0n) is 10.4. The third-order valence-electron chi connectivity index (χ3n) is 3.16.